The average molecular weight is 302 g/mol. The van der Waals surface area contributed by atoms with E-state index >= 15 is 0 Å². The Labute approximate surface area is 126 Å². The quantitative estimate of drug-likeness (QED) is 0.733. The van der Waals surface area contributed by atoms with Gasteiger partial charge in [0.2, 0.25) is 5.88 Å². The molecule has 0 aliphatic heterocycles. The van der Waals surface area contributed by atoms with Gasteiger partial charge in [-0.15, -0.1) is 11.3 Å². The molecule has 0 saturated heterocycles. The maximum atomic E-state index is 5.89. The van der Waals surface area contributed by atoms with Gasteiger partial charge in [0, 0.05) is 23.1 Å². The highest BCUT2D eigenvalue weighted by atomic mass is 32.1. The molecule has 0 atom stereocenters. The van der Waals surface area contributed by atoms with Crippen LogP contribution >= 0.6 is 11.3 Å². The molecule has 0 bridgehead atoms. The number of aromatic nitrogens is 2. The van der Waals surface area contributed by atoms with E-state index in [2.05, 4.69) is 9.97 Å². The van der Waals surface area contributed by atoms with Crippen molar-refractivity contribution in [1.82, 2.24) is 9.97 Å². The number of methoxy groups -OCH3 is 2. The maximum absolute atomic E-state index is 5.89. The molecule has 5 nitrogen and oxygen atoms in total. The van der Waals surface area contributed by atoms with Crippen molar-refractivity contribution in [1.29, 1.82) is 0 Å². The summed E-state index contributed by atoms with van der Waals surface area (Å²) in [6, 6.07) is 7.38. The highest BCUT2D eigenvalue weighted by molar-refractivity contribution is 7.18. The van der Waals surface area contributed by atoms with Crippen LogP contribution in [0.4, 0.5) is 0 Å². The lowest BCUT2D eigenvalue weighted by Gasteiger charge is -2.09. The molecule has 0 aliphatic carbocycles. The number of nitrogens with zero attached hydrogens (tertiary/aromatic N) is 2. The second kappa shape index (κ2) is 5.57. The van der Waals surface area contributed by atoms with E-state index in [1.165, 1.54) is 11.2 Å². The zero-order valence-corrected chi connectivity index (χ0v) is 12.7. The highest BCUT2D eigenvalue weighted by Crippen LogP contribution is 2.34. The molecule has 3 rings (SSSR count). The van der Waals surface area contributed by atoms with Gasteiger partial charge >= 0.3 is 0 Å². The van der Waals surface area contributed by atoms with Crippen LogP contribution < -0.4 is 14.2 Å². The summed E-state index contributed by atoms with van der Waals surface area (Å²) in [7, 11) is 3.20. The van der Waals surface area contributed by atoms with Crippen LogP contribution in [0, 0.1) is 6.92 Å². The van der Waals surface area contributed by atoms with E-state index in [0.717, 1.165) is 10.2 Å². The van der Waals surface area contributed by atoms with Gasteiger partial charge in [0.25, 0.3) is 0 Å². The summed E-state index contributed by atoms with van der Waals surface area (Å²) in [5, 5.41) is 0.904. The predicted molar refractivity (Wildman–Crippen MR) is 81.8 cm³/mol. The van der Waals surface area contributed by atoms with E-state index in [4.69, 9.17) is 14.2 Å². The number of hydrogen-bond donors (Lipinski definition) is 0. The van der Waals surface area contributed by atoms with E-state index in [-0.39, 0.29) is 0 Å². The van der Waals surface area contributed by atoms with Crippen molar-refractivity contribution in [3.8, 4) is 23.1 Å². The van der Waals surface area contributed by atoms with Crippen LogP contribution in [0.15, 0.2) is 30.6 Å². The van der Waals surface area contributed by atoms with Crippen molar-refractivity contribution in [2.24, 2.45) is 0 Å². The number of fused-ring (bicyclic) bond motifs is 1. The number of ether oxygens (including phenoxy) is 3. The fourth-order valence-electron chi connectivity index (χ4n) is 1.99. The zero-order valence-electron chi connectivity index (χ0n) is 11.9. The molecular weight excluding hydrogens is 288 g/mol. The molecule has 3 aromatic rings. The molecule has 0 unspecified atom stereocenters. The average Bonchev–Trinajstić information content (AvgIpc) is 2.88. The van der Waals surface area contributed by atoms with Gasteiger partial charge in [0.1, 0.15) is 28.4 Å². The van der Waals surface area contributed by atoms with E-state index < -0.39 is 0 Å². The molecule has 1 aromatic carbocycles. The van der Waals surface area contributed by atoms with Crippen molar-refractivity contribution in [2.45, 2.75) is 6.92 Å². The third kappa shape index (κ3) is 2.75. The van der Waals surface area contributed by atoms with Crippen LogP contribution in [0.1, 0.15) is 4.88 Å². The van der Waals surface area contributed by atoms with Gasteiger partial charge in [-0.25, -0.2) is 9.97 Å². The summed E-state index contributed by atoms with van der Waals surface area (Å²) in [6.45, 7) is 2.03. The lowest BCUT2D eigenvalue weighted by atomic mass is 10.3. The second-order valence-corrected chi connectivity index (χ2v) is 5.64. The molecule has 21 heavy (non-hydrogen) atoms. The molecule has 0 saturated carbocycles. The van der Waals surface area contributed by atoms with Crippen molar-refractivity contribution in [3.63, 3.8) is 0 Å². The standard InChI is InChI=1S/C15H14N2O3S/c1-9-4-13-14(16-8-17-15(13)21-9)20-12-6-10(18-2)5-11(7-12)19-3/h4-8H,1-3H3. The molecule has 0 spiro atoms. The zero-order chi connectivity index (χ0) is 14.8. The first-order valence-electron chi connectivity index (χ1n) is 6.31. The first kappa shape index (κ1) is 13.6. The maximum Gasteiger partial charge on any atom is 0.231 e. The van der Waals surface area contributed by atoms with Gasteiger partial charge in [-0.3, -0.25) is 0 Å². The van der Waals surface area contributed by atoms with Crippen LogP contribution in [-0.4, -0.2) is 24.2 Å². The van der Waals surface area contributed by atoms with Crippen molar-refractivity contribution < 1.29 is 14.2 Å². The van der Waals surface area contributed by atoms with Crippen LogP contribution in [0.5, 0.6) is 23.1 Å². The van der Waals surface area contributed by atoms with E-state index in [0.29, 0.717) is 23.1 Å². The smallest absolute Gasteiger partial charge is 0.231 e. The Morgan fingerprint density at radius 1 is 0.905 bits per heavy atom. The number of rotatable bonds is 4. The number of hydrogen-bond acceptors (Lipinski definition) is 6. The minimum Gasteiger partial charge on any atom is -0.496 e. The Balaban J connectivity index is 2.02. The summed E-state index contributed by atoms with van der Waals surface area (Å²) in [5.41, 5.74) is 0. The first-order valence-corrected chi connectivity index (χ1v) is 7.13. The topological polar surface area (TPSA) is 53.5 Å². The molecule has 2 heterocycles. The van der Waals surface area contributed by atoms with Crippen molar-refractivity contribution >= 4 is 21.6 Å². The van der Waals surface area contributed by atoms with E-state index in [1.807, 2.05) is 13.0 Å². The Kier molecular flexibility index (Phi) is 3.62. The molecule has 108 valence electrons. The molecule has 0 amide bonds. The largest absolute Gasteiger partial charge is 0.496 e. The van der Waals surface area contributed by atoms with E-state index in [1.54, 1.807) is 43.8 Å². The lowest BCUT2D eigenvalue weighted by Crippen LogP contribution is -1.92. The monoisotopic (exact) mass is 302 g/mol. The van der Waals surface area contributed by atoms with Gasteiger partial charge in [0.05, 0.1) is 19.6 Å². The second-order valence-electron chi connectivity index (χ2n) is 4.41. The molecule has 6 heteroatoms. The van der Waals surface area contributed by atoms with Gasteiger partial charge in [0.15, 0.2) is 0 Å². The molecule has 0 radical (unpaired) electrons. The lowest BCUT2D eigenvalue weighted by molar-refractivity contribution is 0.385. The van der Waals surface area contributed by atoms with Crippen LogP contribution in [0.25, 0.3) is 10.2 Å². The predicted octanol–water partition coefficient (Wildman–Crippen LogP) is 3.81. The summed E-state index contributed by atoms with van der Waals surface area (Å²) in [4.78, 5) is 10.5. The Hall–Kier alpha value is -2.34. The molecular formula is C15H14N2O3S. The van der Waals surface area contributed by atoms with Gasteiger partial charge in [-0.2, -0.15) is 0 Å². The van der Waals surface area contributed by atoms with Crippen molar-refractivity contribution in [2.75, 3.05) is 14.2 Å². The Morgan fingerprint density at radius 2 is 1.57 bits per heavy atom. The molecule has 0 fully saturated rings. The van der Waals surface area contributed by atoms with Crippen molar-refractivity contribution in [3.05, 3.63) is 35.5 Å². The summed E-state index contributed by atoms with van der Waals surface area (Å²) in [6.07, 6.45) is 1.50. The van der Waals surface area contributed by atoms with Crippen LogP contribution in [0.3, 0.4) is 0 Å². The Bertz CT molecular complexity index is 763. The first-order chi connectivity index (χ1) is 10.2. The molecule has 2 aromatic heterocycles. The normalized spacial score (nSPS) is 10.6. The molecule has 0 N–H and O–H groups in total. The van der Waals surface area contributed by atoms with Gasteiger partial charge in [-0.05, 0) is 13.0 Å². The Morgan fingerprint density at radius 3 is 2.24 bits per heavy atom. The van der Waals surface area contributed by atoms with Gasteiger partial charge in [-0.1, -0.05) is 0 Å². The third-order valence-corrected chi connectivity index (χ3v) is 3.91. The number of thiophene rings is 1. The fraction of sp³-hybridized carbons (Fsp3) is 0.200. The molecule has 0 aliphatic rings. The number of aryl methyl sites for hydroxylation is 1. The third-order valence-electron chi connectivity index (χ3n) is 2.96. The SMILES string of the molecule is COc1cc(OC)cc(Oc2ncnc3sc(C)cc23)c1. The summed E-state index contributed by atoms with van der Waals surface area (Å²) in [5.74, 6) is 2.46. The van der Waals surface area contributed by atoms with Crippen LogP contribution in [-0.2, 0) is 0 Å². The van der Waals surface area contributed by atoms with E-state index in [9.17, 15) is 0 Å². The fourth-order valence-corrected chi connectivity index (χ4v) is 2.83. The minimum atomic E-state index is 0.527. The number of benzene rings is 1. The minimum absolute atomic E-state index is 0.527. The van der Waals surface area contributed by atoms with Crippen LogP contribution in [0.2, 0.25) is 0 Å². The highest BCUT2D eigenvalue weighted by Gasteiger charge is 2.10. The summed E-state index contributed by atoms with van der Waals surface area (Å²) >= 11 is 1.61. The van der Waals surface area contributed by atoms with Gasteiger partial charge < -0.3 is 14.2 Å². The summed E-state index contributed by atoms with van der Waals surface area (Å²) < 4.78 is 16.4.